The van der Waals surface area contributed by atoms with E-state index in [2.05, 4.69) is 55.3 Å². The lowest BCUT2D eigenvalue weighted by Crippen LogP contribution is -2.30. The largest absolute Gasteiger partial charge is 0.492 e. The predicted octanol–water partition coefficient (Wildman–Crippen LogP) is 3.30. The zero-order chi connectivity index (χ0) is 14.6. The summed E-state index contributed by atoms with van der Waals surface area (Å²) < 4.78 is 5.83. The minimum Gasteiger partial charge on any atom is -0.492 e. The van der Waals surface area contributed by atoms with Crippen molar-refractivity contribution >= 4 is 0 Å². The van der Waals surface area contributed by atoms with Crippen molar-refractivity contribution < 1.29 is 4.74 Å². The van der Waals surface area contributed by atoms with Crippen LogP contribution >= 0.6 is 0 Å². The van der Waals surface area contributed by atoms with Gasteiger partial charge in [0.25, 0.3) is 0 Å². The van der Waals surface area contributed by atoms with Crippen molar-refractivity contribution in [2.45, 2.75) is 40.2 Å². The van der Waals surface area contributed by atoms with E-state index < -0.39 is 0 Å². The van der Waals surface area contributed by atoms with Gasteiger partial charge in [-0.25, -0.2) is 0 Å². The number of nitrogens with one attached hydrogen (secondary N) is 1. The molecule has 0 saturated heterocycles. The number of nitrogens with zero attached hydrogens (tertiary/aromatic N) is 1. The summed E-state index contributed by atoms with van der Waals surface area (Å²) in [7, 11) is 0. The lowest BCUT2D eigenvalue weighted by atomic mass is 10.2. The minimum atomic E-state index is 0.770. The third-order valence-corrected chi connectivity index (χ3v) is 3.26. The SMILES string of the molecule is CCCN(CCC)CCOc1ccc(CNCC)cc1. The van der Waals surface area contributed by atoms with Crippen molar-refractivity contribution in [3.05, 3.63) is 29.8 Å². The van der Waals surface area contributed by atoms with Gasteiger partial charge >= 0.3 is 0 Å². The van der Waals surface area contributed by atoms with E-state index in [0.29, 0.717) is 0 Å². The lowest BCUT2D eigenvalue weighted by molar-refractivity contribution is 0.209. The highest BCUT2D eigenvalue weighted by molar-refractivity contribution is 5.27. The fourth-order valence-corrected chi connectivity index (χ4v) is 2.23. The summed E-state index contributed by atoms with van der Waals surface area (Å²) in [6.45, 7) is 12.6. The molecular formula is C17H30N2O. The summed E-state index contributed by atoms with van der Waals surface area (Å²) in [5, 5.41) is 3.32. The molecule has 0 aromatic heterocycles. The standard InChI is InChI=1S/C17H30N2O/c1-4-11-19(12-5-2)13-14-20-17-9-7-16(8-10-17)15-18-6-3/h7-10,18H,4-6,11-15H2,1-3H3. The molecule has 3 nitrogen and oxygen atoms in total. The number of rotatable bonds is 11. The summed E-state index contributed by atoms with van der Waals surface area (Å²) >= 11 is 0. The van der Waals surface area contributed by atoms with Crippen LogP contribution in [0.1, 0.15) is 39.2 Å². The van der Waals surface area contributed by atoms with Crippen molar-refractivity contribution in [2.24, 2.45) is 0 Å². The zero-order valence-corrected chi connectivity index (χ0v) is 13.3. The van der Waals surface area contributed by atoms with E-state index in [4.69, 9.17) is 4.74 Å². The third-order valence-electron chi connectivity index (χ3n) is 3.26. The topological polar surface area (TPSA) is 24.5 Å². The van der Waals surface area contributed by atoms with Gasteiger partial charge in [-0.1, -0.05) is 32.9 Å². The molecule has 0 atom stereocenters. The first-order valence-electron chi connectivity index (χ1n) is 7.94. The first kappa shape index (κ1) is 17.0. The predicted molar refractivity (Wildman–Crippen MR) is 86.3 cm³/mol. The van der Waals surface area contributed by atoms with Gasteiger partial charge < -0.3 is 10.1 Å². The second-order valence-corrected chi connectivity index (χ2v) is 5.11. The zero-order valence-electron chi connectivity index (χ0n) is 13.3. The van der Waals surface area contributed by atoms with Gasteiger partial charge in [0.15, 0.2) is 0 Å². The molecule has 1 N–H and O–H groups in total. The van der Waals surface area contributed by atoms with Crippen LogP contribution in [0, 0.1) is 0 Å². The molecule has 0 aliphatic heterocycles. The first-order valence-corrected chi connectivity index (χ1v) is 7.94. The number of hydrogen-bond acceptors (Lipinski definition) is 3. The van der Waals surface area contributed by atoms with E-state index in [0.717, 1.165) is 32.0 Å². The van der Waals surface area contributed by atoms with E-state index in [9.17, 15) is 0 Å². The quantitative estimate of drug-likeness (QED) is 0.672. The molecular weight excluding hydrogens is 248 g/mol. The highest BCUT2D eigenvalue weighted by Crippen LogP contribution is 2.12. The normalized spacial score (nSPS) is 11.0. The van der Waals surface area contributed by atoms with Crippen LogP contribution in [0.25, 0.3) is 0 Å². The van der Waals surface area contributed by atoms with Gasteiger partial charge in [0.1, 0.15) is 12.4 Å². The molecule has 0 spiro atoms. The van der Waals surface area contributed by atoms with E-state index >= 15 is 0 Å². The maximum Gasteiger partial charge on any atom is 0.119 e. The fraction of sp³-hybridized carbons (Fsp3) is 0.647. The average Bonchev–Trinajstić information content (AvgIpc) is 2.47. The smallest absolute Gasteiger partial charge is 0.119 e. The first-order chi connectivity index (χ1) is 9.80. The molecule has 1 aromatic rings. The summed E-state index contributed by atoms with van der Waals surface area (Å²) in [5.41, 5.74) is 1.30. The molecule has 0 amide bonds. The molecule has 0 aliphatic rings. The van der Waals surface area contributed by atoms with Crippen LogP contribution in [0.15, 0.2) is 24.3 Å². The molecule has 0 bridgehead atoms. The molecule has 20 heavy (non-hydrogen) atoms. The Kier molecular flexibility index (Phi) is 9.09. The van der Waals surface area contributed by atoms with Gasteiger partial charge in [0, 0.05) is 13.1 Å². The highest BCUT2D eigenvalue weighted by atomic mass is 16.5. The van der Waals surface area contributed by atoms with E-state index in [1.165, 1.54) is 31.5 Å². The van der Waals surface area contributed by atoms with E-state index in [1.54, 1.807) is 0 Å². The minimum absolute atomic E-state index is 0.770. The fourth-order valence-electron chi connectivity index (χ4n) is 2.23. The second kappa shape index (κ2) is 10.7. The van der Waals surface area contributed by atoms with Crippen molar-refractivity contribution in [3.63, 3.8) is 0 Å². The number of benzene rings is 1. The van der Waals surface area contributed by atoms with E-state index in [1.807, 2.05) is 0 Å². The van der Waals surface area contributed by atoms with Crippen LogP contribution in [-0.4, -0.2) is 37.7 Å². The summed E-state index contributed by atoms with van der Waals surface area (Å²) in [6.07, 6.45) is 2.41. The van der Waals surface area contributed by atoms with Crippen LogP contribution in [0.5, 0.6) is 5.75 Å². The molecule has 0 radical (unpaired) electrons. The Balaban J connectivity index is 2.30. The third kappa shape index (κ3) is 6.92. The monoisotopic (exact) mass is 278 g/mol. The Hall–Kier alpha value is -1.06. The summed E-state index contributed by atoms with van der Waals surface area (Å²) in [5.74, 6) is 0.971. The summed E-state index contributed by atoms with van der Waals surface area (Å²) in [6, 6.07) is 8.40. The number of hydrogen-bond donors (Lipinski definition) is 1. The molecule has 0 aliphatic carbocycles. The van der Waals surface area contributed by atoms with Gasteiger partial charge in [-0.15, -0.1) is 0 Å². The molecule has 0 unspecified atom stereocenters. The van der Waals surface area contributed by atoms with Gasteiger partial charge in [-0.2, -0.15) is 0 Å². The second-order valence-electron chi connectivity index (χ2n) is 5.11. The van der Waals surface area contributed by atoms with Gasteiger partial charge in [0.2, 0.25) is 0 Å². The maximum absolute atomic E-state index is 5.83. The Morgan fingerprint density at radius 2 is 1.60 bits per heavy atom. The van der Waals surface area contributed by atoms with Gasteiger partial charge in [0.05, 0.1) is 0 Å². The highest BCUT2D eigenvalue weighted by Gasteiger charge is 2.02. The van der Waals surface area contributed by atoms with Crippen molar-refractivity contribution in [1.29, 1.82) is 0 Å². The lowest BCUT2D eigenvalue weighted by Gasteiger charge is -2.20. The molecule has 3 heteroatoms. The van der Waals surface area contributed by atoms with Gasteiger partial charge in [-0.3, -0.25) is 4.90 Å². The van der Waals surface area contributed by atoms with Crippen molar-refractivity contribution in [2.75, 3.05) is 32.8 Å². The van der Waals surface area contributed by atoms with E-state index in [-0.39, 0.29) is 0 Å². The van der Waals surface area contributed by atoms with Gasteiger partial charge in [-0.05, 0) is 50.2 Å². The average molecular weight is 278 g/mol. The maximum atomic E-state index is 5.83. The van der Waals surface area contributed by atoms with Crippen molar-refractivity contribution in [1.82, 2.24) is 10.2 Å². The van der Waals surface area contributed by atoms with Crippen LogP contribution in [-0.2, 0) is 6.54 Å². The Labute approximate surface area is 124 Å². The number of ether oxygens (including phenoxy) is 1. The van der Waals surface area contributed by atoms with Crippen LogP contribution in [0.4, 0.5) is 0 Å². The Morgan fingerprint density at radius 1 is 0.950 bits per heavy atom. The van der Waals surface area contributed by atoms with Crippen molar-refractivity contribution in [3.8, 4) is 5.75 Å². The molecule has 1 rings (SSSR count). The molecule has 0 heterocycles. The summed E-state index contributed by atoms with van der Waals surface area (Å²) in [4.78, 5) is 2.47. The molecule has 114 valence electrons. The van der Waals surface area contributed by atoms with Crippen LogP contribution in [0.2, 0.25) is 0 Å². The van der Waals surface area contributed by atoms with Crippen LogP contribution in [0.3, 0.4) is 0 Å². The molecule has 0 fully saturated rings. The molecule has 0 saturated carbocycles. The molecule has 1 aromatic carbocycles. The Bertz CT molecular complexity index is 331. The Morgan fingerprint density at radius 3 is 2.15 bits per heavy atom. The van der Waals surface area contributed by atoms with Crippen LogP contribution < -0.4 is 10.1 Å².